The van der Waals surface area contributed by atoms with Crippen molar-refractivity contribution in [1.82, 2.24) is 9.97 Å². The van der Waals surface area contributed by atoms with Crippen molar-refractivity contribution in [3.05, 3.63) is 40.9 Å². The third-order valence-corrected chi connectivity index (χ3v) is 2.92. The molecule has 0 bridgehead atoms. The number of anilines is 1. The van der Waals surface area contributed by atoms with Gasteiger partial charge in [0.2, 0.25) is 0 Å². The van der Waals surface area contributed by atoms with E-state index in [2.05, 4.69) is 38.1 Å². The molecule has 1 heterocycles. The summed E-state index contributed by atoms with van der Waals surface area (Å²) in [6, 6.07) is 4.91. The standard InChI is InChI=1S/C13H13BrFN3/c1-2-5-17-13-12(16-6-7-18-13)10-4-3-9(14)8-11(10)15/h3-4,6-8H,2,5H2,1H3,(H,17,18). The second kappa shape index (κ2) is 5.91. The lowest BCUT2D eigenvalue weighted by atomic mass is 10.1. The van der Waals surface area contributed by atoms with E-state index < -0.39 is 0 Å². The molecule has 0 atom stereocenters. The fraction of sp³-hybridized carbons (Fsp3) is 0.231. The van der Waals surface area contributed by atoms with Gasteiger partial charge >= 0.3 is 0 Å². The van der Waals surface area contributed by atoms with Gasteiger partial charge in [-0.25, -0.2) is 9.37 Å². The number of nitrogens with one attached hydrogen (secondary N) is 1. The molecule has 2 aromatic rings. The molecule has 0 aliphatic rings. The second-order valence-electron chi connectivity index (χ2n) is 3.80. The van der Waals surface area contributed by atoms with Gasteiger partial charge in [0.05, 0.1) is 0 Å². The van der Waals surface area contributed by atoms with E-state index in [9.17, 15) is 4.39 Å². The van der Waals surface area contributed by atoms with Crippen LogP contribution in [-0.2, 0) is 0 Å². The minimum Gasteiger partial charge on any atom is -0.368 e. The Morgan fingerprint density at radius 2 is 2.06 bits per heavy atom. The van der Waals surface area contributed by atoms with Crippen LogP contribution in [0.3, 0.4) is 0 Å². The molecular formula is C13H13BrFN3. The fourth-order valence-corrected chi connectivity index (χ4v) is 1.92. The molecule has 1 aromatic heterocycles. The van der Waals surface area contributed by atoms with E-state index in [4.69, 9.17) is 0 Å². The highest BCUT2D eigenvalue weighted by Crippen LogP contribution is 2.28. The summed E-state index contributed by atoms with van der Waals surface area (Å²) in [7, 11) is 0. The van der Waals surface area contributed by atoms with Crippen molar-refractivity contribution in [3.63, 3.8) is 0 Å². The first-order chi connectivity index (χ1) is 8.72. The zero-order chi connectivity index (χ0) is 13.0. The first-order valence-electron chi connectivity index (χ1n) is 5.72. The molecule has 0 saturated heterocycles. The summed E-state index contributed by atoms with van der Waals surface area (Å²) in [6.45, 7) is 2.84. The van der Waals surface area contributed by atoms with Gasteiger partial charge in [-0.05, 0) is 24.6 Å². The fourth-order valence-electron chi connectivity index (χ4n) is 1.59. The summed E-state index contributed by atoms with van der Waals surface area (Å²) in [5, 5.41) is 3.15. The predicted molar refractivity (Wildman–Crippen MR) is 73.9 cm³/mol. The quantitative estimate of drug-likeness (QED) is 0.931. The Bertz CT molecular complexity index is 546. The summed E-state index contributed by atoms with van der Waals surface area (Å²) in [5.41, 5.74) is 0.987. The molecule has 0 unspecified atom stereocenters. The van der Waals surface area contributed by atoms with Crippen LogP contribution in [0.2, 0.25) is 0 Å². The van der Waals surface area contributed by atoms with Crippen molar-refractivity contribution >= 4 is 21.7 Å². The highest BCUT2D eigenvalue weighted by molar-refractivity contribution is 9.10. The number of rotatable bonds is 4. The molecule has 1 N–H and O–H groups in total. The smallest absolute Gasteiger partial charge is 0.152 e. The van der Waals surface area contributed by atoms with Gasteiger partial charge in [0.25, 0.3) is 0 Å². The Balaban J connectivity index is 2.43. The second-order valence-corrected chi connectivity index (χ2v) is 4.72. The van der Waals surface area contributed by atoms with Crippen LogP contribution in [0.15, 0.2) is 35.1 Å². The Morgan fingerprint density at radius 1 is 1.28 bits per heavy atom. The van der Waals surface area contributed by atoms with Crippen LogP contribution < -0.4 is 5.32 Å². The molecule has 1 aromatic carbocycles. The van der Waals surface area contributed by atoms with Crippen molar-refractivity contribution in [3.8, 4) is 11.3 Å². The normalized spacial score (nSPS) is 10.4. The maximum Gasteiger partial charge on any atom is 0.152 e. The Labute approximate surface area is 114 Å². The zero-order valence-corrected chi connectivity index (χ0v) is 11.5. The van der Waals surface area contributed by atoms with Gasteiger partial charge in [0.1, 0.15) is 11.5 Å². The maximum atomic E-state index is 13.9. The molecule has 0 fully saturated rings. The van der Waals surface area contributed by atoms with Crippen molar-refractivity contribution in [2.75, 3.05) is 11.9 Å². The number of nitrogens with zero attached hydrogens (tertiary/aromatic N) is 2. The van der Waals surface area contributed by atoms with E-state index in [0.717, 1.165) is 13.0 Å². The Morgan fingerprint density at radius 3 is 2.78 bits per heavy atom. The van der Waals surface area contributed by atoms with E-state index in [-0.39, 0.29) is 5.82 Å². The minimum absolute atomic E-state index is 0.315. The first kappa shape index (κ1) is 13.0. The molecule has 5 heteroatoms. The van der Waals surface area contributed by atoms with Gasteiger partial charge in [0.15, 0.2) is 5.82 Å². The van der Waals surface area contributed by atoms with Gasteiger partial charge in [0, 0.05) is 29.0 Å². The highest BCUT2D eigenvalue weighted by atomic mass is 79.9. The van der Waals surface area contributed by atoms with Gasteiger partial charge in [-0.1, -0.05) is 22.9 Å². The molecule has 18 heavy (non-hydrogen) atoms. The van der Waals surface area contributed by atoms with Gasteiger partial charge < -0.3 is 5.32 Å². The third-order valence-electron chi connectivity index (χ3n) is 2.43. The van der Waals surface area contributed by atoms with E-state index in [1.165, 1.54) is 6.07 Å². The maximum absolute atomic E-state index is 13.9. The summed E-state index contributed by atoms with van der Waals surface area (Å²) < 4.78 is 14.6. The van der Waals surface area contributed by atoms with Gasteiger partial charge in [-0.15, -0.1) is 0 Å². The largest absolute Gasteiger partial charge is 0.368 e. The average Bonchev–Trinajstić information content (AvgIpc) is 2.37. The molecule has 0 aliphatic heterocycles. The van der Waals surface area contributed by atoms with Crippen molar-refractivity contribution < 1.29 is 4.39 Å². The van der Waals surface area contributed by atoms with Gasteiger partial charge in [-0.3, -0.25) is 4.98 Å². The van der Waals surface area contributed by atoms with Crippen molar-refractivity contribution in [2.45, 2.75) is 13.3 Å². The predicted octanol–water partition coefficient (Wildman–Crippen LogP) is 3.87. The summed E-state index contributed by atoms with van der Waals surface area (Å²) >= 11 is 3.24. The van der Waals surface area contributed by atoms with Gasteiger partial charge in [-0.2, -0.15) is 0 Å². The van der Waals surface area contributed by atoms with Crippen LogP contribution in [0.5, 0.6) is 0 Å². The van der Waals surface area contributed by atoms with E-state index in [0.29, 0.717) is 21.5 Å². The third kappa shape index (κ3) is 2.85. The number of halogens is 2. The van der Waals surface area contributed by atoms with Crippen LogP contribution in [0.25, 0.3) is 11.3 Å². The SMILES string of the molecule is CCCNc1nccnc1-c1ccc(Br)cc1F. The number of hydrogen-bond acceptors (Lipinski definition) is 3. The first-order valence-corrected chi connectivity index (χ1v) is 6.52. The highest BCUT2D eigenvalue weighted by Gasteiger charge is 2.12. The van der Waals surface area contributed by atoms with Crippen LogP contribution >= 0.6 is 15.9 Å². The van der Waals surface area contributed by atoms with E-state index in [1.54, 1.807) is 24.5 Å². The van der Waals surface area contributed by atoms with Crippen molar-refractivity contribution in [1.29, 1.82) is 0 Å². The zero-order valence-electron chi connectivity index (χ0n) is 9.95. The molecule has 0 spiro atoms. The molecular weight excluding hydrogens is 297 g/mol. The molecule has 3 nitrogen and oxygen atoms in total. The lowest BCUT2D eigenvalue weighted by Gasteiger charge is -2.10. The molecule has 0 radical (unpaired) electrons. The molecule has 0 aliphatic carbocycles. The van der Waals surface area contributed by atoms with Crippen LogP contribution in [0, 0.1) is 5.82 Å². The monoisotopic (exact) mass is 309 g/mol. The molecule has 0 amide bonds. The topological polar surface area (TPSA) is 37.8 Å². The summed E-state index contributed by atoms with van der Waals surface area (Å²) in [4.78, 5) is 8.42. The molecule has 2 rings (SSSR count). The summed E-state index contributed by atoms with van der Waals surface area (Å²) in [5.74, 6) is 0.296. The number of benzene rings is 1. The lowest BCUT2D eigenvalue weighted by Crippen LogP contribution is -2.05. The Kier molecular flexibility index (Phi) is 4.25. The lowest BCUT2D eigenvalue weighted by molar-refractivity contribution is 0.630. The number of hydrogen-bond donors (Lipinski definition) is 1. The van der Waals surface area contributed by atoms with E-state index in [1.807, 2.05) is 0 Å². The minimum atomic E-state index is -0.315. The van der Waals surface area contributed by atoms with E-state index >= 15 is 0 Å². The molecule has 94 valence electrons. The van der Waals surface area contributed by atoms with Crippen LogP contribution in [0.1, 0.15) is 13.3 Å². The molecule has 0 saturated carbocycles. The van der Waals surface area contributed by atoms with Crippen molar-refractivity contribution in [2.24, 2.45) is 0 Å². The van der Waals surface area contributed by atoms with Crippen LogP contribution in [0.4, 0.5) is 10.2 Å². The Hall–Kier alpha value is -1.49. The number of aromatic nitrogens is 2. The van der Waals surface area contributed by atoms with Crippen LogP contribution in [-0.4, -0.2) is 16.5 Å². The average molecular weight is 310 g/mol. The summed E-state index contributed by atoms with van der Waals surface area (Å²) in [6.07, 6.45) is 4.13.